The molecular formula is C6H19O4P2+. The lowest BCUT2D eigenvalue weighted by Crippen LogP contribution is -1.84. The van der Waals surface area contributed by atoms with Crippen molar-refractivity contribution < 1.29 is 18.9 Å². The van der Waals surface area contributed by atoms with Gasteiger partial charge in [0.1, 0.15) is 0 Å². The van der Waals surface area contributed by atoms with Crippen LogP contribution in [0.5, 0.6) is 0 Å². The number of rotatable bonds is 2. The first-order valence-electron chi connectivity index (χ1n) is 3.55. The largest absolute Gasteiger partial charge is 0.469 e. The fraction of sp³-hybridized carbons (Fsp3) is 1.00. The fourth-order valence-electron chi connectivity index (χ4n) is 0.168. The van der Waals surface area contributed by atoms with Gasteiger partial charge in [0.2, 0.25) is 0 Å². The molecule has 0 fully saturated rings. The maximum Gasteiger partial charge on any atom is 0.469 e. The van der Waals surface area contributed by atoms with Crippen molar-refractivity contribution in [2.75, 3.05) is 33.3 Å². The van der Waals surface area contributed by atoms with Crippen LogP contribution in [0.4, 0.5) is 0 Å². The first-order chi connectivity index (χ1) is 5.06. The Kier molecular flexibility index (Phi) is 7.60. The standard InChI is InChI=1S/C4H12P.C2H7O4P/c1-5(2,3)4;1-2-6-7(3,4)5/h1-4H3;2H2,1H3,(H2,3,4,5)/q+1;. The van der Waals surface area contributed by atoms with E-state index in [1.807, 2.05) is 0 Å². The molecule has 0 rings (SSSR count). The summed E-state index contributed by atoms with van der Waals surface area (Å²) in [5.74, 6) is 0. The van der Waals surface area contributed by atoms with Crippen molar-refractivity contribution >= 4 is 15.1 Å². The molecule has 0 heterocycles. The Balaban J connectivity index is 0. The van der Waals surface area contributed by atoms with Crippen LogP contribution in [0.25, 0.3) is 0 Å². The molecule has 0 spiro atoms. The van der Waals surface area contributed by atoms with Gasteiger partial charge in [-0.25, -0.2) is 4.57 Å². The van der Waals surface area contributed by atoms with E-state index in [9.17, 15) is 4.57 Å². The van der Waals surface area contributed by atoms with Crippen molar-refractivity contribution in [2.24, 2.45) is 0 Å². The van der Waals surface area contributed by atoms with Crippen molar-refractivity contribution in [3.8, 4) is 0 Å². The average Bonchev–Trinajstić information content (AvgIpc) is 1.54. The molecule has 0 saturated carbocycles. The van der Waals surface area contributed by atoms with Crippen molar-refractivity contribution in [2.45, 2.75) is 6.92 Å². The molecule has 0 amide bonds. The minimum Gasteiger partial charge on any atom is -0.303 e. The fourth-order valence-corrected chi connectivity index (χ4v) is 0.505. The summed E-state index contributed by atoms with van der Waals surface area (Å²) in [6, 6.07) is 0. The van der Waals surface area contributed by atoms with Gasteiger partial charge in [0.05, 0.1) is 6.61 Å². The Morgan fingerprint density at radius 1 is 1.25 bits per heavy atom. The normalized spacial score (nSPS) is 11.9. The van der Waals surface area contributed by atoms with Crippen molar-refractivity contribution in [3.63, 3.8) is 0 Å². The Hall–Kier alpha value is 0.540. The lowest BCUT2D eigenvalue weighted by Gasteiger charge is -1.98. The highest BCUT2D eigenvalue weighted by Gasteiger charge is 2.10. The van der Waals surface area contributed by atoms with Gasteiger partial charge in [0.15, 0.2) is 0 Å². The lowest BCUT2D eigenvalue weighted by atomic mass is 10.9. The second-order valence-electron chi connectivity index (χ2n) is 3.59. The molecule has 6 heteroatoms. The second kappa shape index (κ2) is 6.06. The highest BCUT2D eigenvalue weighted by Crippen LogP contribution is 2.40. The number of hydrogen-bond acceptors (Lipinski definition) is 2. The second-order valence-corrected chi connectivity index (χ2v) is 10.2. The molecule has 0 aromatic rings. The summed E-state index contributed by atoms with van der Waals surface area (Å²) in [5, 5.41) is 0. The van der Waals surface area contributed by atoms with E-state index in [0.29, 0.717) is 0 Å². The van der Waals surface area contributed by atoms with Crippen molar-refractivity contribution in [1.82, 2.24) is 0 Å². The van der Waals surface area contributed by atoms with E-state index in [1.54, 1.807) is 0 Å². The summed E-state index contributed by atoms with van der Waals surface area (Å²) in [7, 11) is -4.55. The van der Waals surface area contributed by atoms with Crippen LogP contribution in [-0.4, -0.2) is 43.1 Å². The quantitative estimate of drug-likeness (QED) is 0.690. The topological polar surface area (TPSA) is 66.8 Å². The molecule has 0 atom stereocenters. The van der Waals surface area contributed by atoms with Crippen molar-refractivity contribution in [3.05, 3.63) is 0 Å². The monoisotopic (exact) mass is 217 g/mol. The summed E-state index contributed by atoms with van der Waals surface area (Å²) in [5.41, 5.74) is 0. The summed E-state index contributed by atoms with van der Waals surface area (Å²) < 4.78 is 13.6. The summed E-state index contributed by atoms with van der Waals surface area (Å²) in [6.45, 7) is 10.8. The zero-order valence-corrected chi connectivity index (χ0v) is 10.1. The Labute approximate surface area is 74.9 Å². The van der Waals surface area contributed by atoms with E-state index in [4.69, 9.17) is 9.79 Å². The lowest BCUT2D eigenvalue weighted by molar-refractivity contribution is 0.206. The highest BCUT2D eigenvalue weighted by molar-refractivity contribution is 7.73. The van der Waals surface area contributed by atoms with Gasteiger partial charge in [-0.2, -0.15) is 0 Å². The summed E-state index contributed by atoms with van der Waals surface area (Å²) >= 11 is 0. The molecule has 0 bridgehead atoms. The SMILES string of the molecule is CCOP(=O)(O)O.C[P+](C)(C)C. The number of phosphoric acid groups is 1. The third kappa shape index (κ3) is 46.5. The van der Waals surface area contributed by atoms with Gasteiger partial charge in [-0.05, 0) is 6.92 Å². The van der Waals surface area contributed by atoms with E-state index in [-0.39, 0.29) is 13.9 Å². The van der Waals surface area contributed by atoms with Gasteiger partial charge in [-0.1, -0.05) is 0 Å². The van der Waals surface area contributed by atoms with E-state index >= 15 is 0 Å². The van der Waals surface area contributed by atoms with Gasteiger partial charge in [-0.15, -0.1) is 0 Å². The van der Waals surface area contributed by atoms with Crippen LogP contribution >= 0.6 is 15.1 Å². The molecule has 0 saturated heterocycles. The van der Waals surface area contributed by atoms with Crippen LogP contribution in [0.1, 0.15) is 6.92 Å². The smallest absolute Gasteiger partial charge is 0.303 e. The molecule has 0 aromatic heterocycles. The molecule has 2 N–H and O–H groups in total. The zero-order chi connectivity index (χ0) is 10.4. The van der Waals surface area contributed by atoms with E-state index < -0.39 is 7.82 Å². The molecule has 0 aliphatic rings. The first-order valence-corrected chi connectivity index (χ1v) is 8.66. The van der Waals surface area contributed by atoms with Gasteiger partial charge in [0.25, 0.3) is 0 Å². The number of hydrogen-bond donors (Lipinski definition) is 2. The third-order valence-electron chi connectivity index (χ3n) is 0.297. The molecule has 0 aliphatic carbocycles. The third-order valence-corrected chi connectivity index (χ3v) is 0.892. The Bertz CT molecular complexity index is 140. The van der Waals surface area contributed by atoms with E-state index in [0.717, 1.165) is 0 Å². The zero-order valence-electron chi connectivity index (χ0n) is 8.31. The van der Waals surface area contributed by atoms with Gasteiger partial charge < -0.3 is 9.79 Å². The van der Waals surface area contributed by atoms with E-state index in [2.05, 4.69) is 31.2 Å². The van der Waals surface area contributed by atoms with Crippen molar-refractivity contribution in [1.29, 1.82) is 0 Å². The van der Waals surface area contributed by atoms with Gasteiger partial charge in [0, 0.05) is 33.9 Å². The Morgan fingerprint density at radius 3 is 1.50 bits per heavy atom. The van der Waals surface area contributed by atoms with Gasteiger partial charge >= 0.3 is 7.82 Å². The van der Waals surface area contributed by atoms with Crippen LogP contribution in [0.3, 0.4) is 0 Å². The minimum absolute atomic E-state index is 0.0459. The van der Waals surface area contributed by atoms with E-state index in [1.165, 1.54) is 6.92 Å². The van der Waals surface area contributed by atoms with Crippen LogP contribution in [0.15, 0.2) is 0 Å². The molecular weight excluding hydrogens is 198 g/mol. The maximum absolute atomic E-state index is 9.70. The molecule has 0 aromatic carbocycles. The summed E-state index contributed by atoms with van der Waals surface area (Å²) in [4.78, 5) is 15.8. The molecule has 0 aliphatic heterocycles. The molecule has 4 nitrogen and oxygen atoms in total. The predicted molar refractivity (Wildman–Crippen MR) is 54.3 cm³/mol. The van der Waals surface area contributed by atoms with Gasteiger partial charge in [-0.3, -0.25) is 4.52 Å². The van der Waals surface area contributed by atoms with Crippen LogP contribution in [0, 0.1) is 0 Å². The van der Waals surface area contributed by atoms with Crippen LogP contribution in [-0.2, 0) is 9.09 Å². The maximum atomic E-state index is 9.70. The molecule has 76 valence electrons. The predicted octanol–water partition coefficient (Wildman–Crippen LogP) is 1.64. The molecule has 0 unspecified atom stereocenters. The minimum atomic E-state index is -4.17. The van der Waals surface area contributed by atoms with Crippen LogP contribution < -0.4 is 0 Å². The first kappa shape index (κ1) is 15.0. The average molecular weight is 217 g/mol. The number of phosphoric ester groups is 1. The Morgan fingerprint density at radius 2 is 1.50 bits per heavy atom. The van der Waals surface area contributed by atoms with Crippen LogP contribution in [0.2, 0.25) is 0 Å². The highest BCUT2D eigenvalue weighted by atomic mass is 31.2. The molecule has 12 heavy (non-hydrogen) atoms. The summed E-state index contributed by atoms with van der Waals surface area (Å²) in [6.07, 6.45) is 0. The molecule has 0 radical (unpaired) electrons.